The predicted molar refractivity (Wildman–Crippen MR) is 93.6 cm³/mol. The van der Waals surface area contributed by atoms with Gasteiger partial charge in [0.1, 0.15) is 6.10 Å². The summed E-state index contributed by atoms with van der Waals surface area (Å²) in [5, 5.41) is 0. The number of rotatable bonds is 10. The smallest absolute Gasteiger partial charge is 0.334 e. The molecule has 0 aromatic heterocycles. The fourth-order valence-corrected chi connectivity index (χ4v) is 4.08. The van der Waals surface area contributed by atoms with Crippen LogP contribution in [0, 0.1) is 0 Å². The third-order valence-electron chi connectivity index (χ3n) is 3.01. The molecular formula is C16H24BrO5P. The summed E-state index contributed by atoms with van der Waals surface area (Å²) in [5.41, 5.74) is 0.761. The monoisotopic (exact) mass is 406 g/mol. The Balaban J connectivity index is 3.00. The lowest BCUT2D eigenvalue weighted by atomic mass is 10.1. The van der Waals surface area contributed by atoms with Gasteiger partial charge in [-0.2, -0.15) is 0 Å². The standard InChI is InChI=1S/C16H24BrO5P/c1-4-7-16(18)22-15(13-8-10-14(17)11-9-13)12-23(19,20-5-2)21-6-3/h8-11,15H,4-7,12H2,1-3H3. The van der Waals surface area contributed by atoms with Crippen molar-refractivity contribution in [2.45, 2.75) is 39.7 Å². The van der Waals surface area contributed by atoms with E-state index in [-0.39, 0.29) is 25.3 Å². The molecule has 0 fully saturated rings. The van der Waals surface area contributed by atoms with Crippen LogP contribution in [0.2, 0.25) is 0 Å². The zero-order valence-corrected chi connectivity index (χ0v) is 16.3. The first-order valence-corrected chi connectivity index (χ1v) is 10.3. The first-order chi connectivity index (χ1) is 10.9. The molecule has 1 rings (SSSR count). The van der Waals surface area contributed by atoms with Crippen molar-refractivity contribution in [3.8, 4) is 0 Å². The molecule has 0 N–H and O–H groups in total. The van der Waals surface area contributed by atoms with Gasteiger partial charge in [-0.15, -0.1) is 0 Å². The maximum absolute atomic E-state index is 12.8. The number of carbonyl (C=O) groups is 1. The van der Waals surface area contributed by atoms with Gasteiger partial charge in [0, 0.05) is 10.9 Å². The average Bonchev–Trinajstić information content (AvgIpc) is 2.48. The van der Waals surface area contributed by atoms with Gasteiger partial charge in [-0.3, -0.25) is 9.36 Å². The van der Waals surface area contributed by atoms with E-state index in [2.05, 4.69) is 15.9 Å². The molecule has 0 aliphatic rings. The van der Waals surface area contributed by atoms with Crippen molar-refractivity contribution in [2.75, 3.05) is 19.4 Å². The second-order valence-corrected chi connectivity index (χ2v) is 7.93. The Labute approximate surface area is 146 Å². The van der Waals surface area contributed by atoms with Crippen LogP contribution in [0.4, 0.5) is 0 Å². The summed E-state index contributed by atoms with van der Waals surface area (Å²) in [6.07, 6.45) is 0.360. The molecule has 0 amide bonds. The summed E-state index contributed by atoms with van der Waals surface area (Å²) in [7, 11) is -3.32. The lowest BCUT2D eigenvalue weighted by Gasteiger charge is -2.23. The van der Waals surface area contributed by atoms with Crippen molar-refractivity contribution in [3.63, 3.8) is 0 Å². The molecule has 23 heavy (non-hydrogen) atoms. The molecule has 1 aromatic rings. The number of carbonyl (C=O) groups excluding carboxylic acids is 1. The first-order valence-electron chi connectivity index (χ1n) is 7.77. The minimum absolute atomic E-state index is 0.00572. The molecule has 0 radical (unpaired) electrons. The normalized spacial score (nSPS) is 12.9. The van der Waals surface area contributed by atoms with Crippen molar-refractivity contribution < 1.29 is 23.1 Å². The van der Waals surface area contributed by atoms with Crippen molar-refractivity contribution in [1.29, 1.82) is 0 Å². The Morgan fingerprint density at radius 3 is 2.17 bits per heavy atom. The Morgan fingerprint density at radius 2 is 1.70 bits per heavy atom. The van der Waals surface area contributed by atoms with Crippen LogP contribution in [0.1, 0.15) is 45.3 Å². The zero-order valence-electron chi connectivity index (χ0n) is 13.8. The summed E-state index contributed by atoms with van der Waals surface area (Å²) in [6.45, 7) is 5.95. The van der Waals surface area contributed by atoms with Crippen molar-refractivity contribution >= 4 is 29.5 Å². The lowest BCUT2D eigenvalue weighted by molar-refractivity contribution is -0.148. The van der Waals surface area contributed by atoms with E-state index in [4.69, 9.17) is 13.8 Å². The molecule has 0 saturated heterocycles. The van der Waals surface area contributed by atoms with Gasteiger partial charge in [0.15, 0.2) is 0 Å². The Hall–Kier alpha value is -0.680. The number of hydrogen-bond acceptors (Lipinski definition) is 5. The third-order valence-corrected chi connectivity index (χ3v) is 5.62. The minimum atomic E-state index is -3.32. The molecule has 0 bridgehead atoms. The number of esters is 1. The van der Waals surface area contributed by atoms with Crippen LogP contribution in [0.15, 0.2) is 28.7 Å². The molecule has 0 spiro atoms. The molecule has 1 aromatic carbocycles. The van der Waals surface area contributed by atoms with E-state index in [1.54, 1.807) is 13.8 Å². The van der Waals surface area contributed by atoms with Gasteiger partial charge in [-0.25, -0.2) is 0 Å². The summed E-state index contributed by atoms with van der Waals surface area (Å²) < 4.78 is 29.8. The number of hydrogen-bond donors (Lipinski definition) is 0. The highest BCUT2D eigenvalue weighted by atomic mass is 79.9. The maximum atomic E-state index is 12.8. The number of benzene rings is 1. The highest BCUT2D eigenvalue weighted by Gasteiger charge is 2.31. The second-order valence-electron chi connectivity index (χ2n) is 4.91. The summed E-state index contributed by atoms with van der Waals surface area (Å²) in [6, 6.07) is 7.36. The summed E-state index contributed by atoms with van der Waals surface area (Å²) in [4.78, 5) is 11.9. The zero-order chi connectivity index (χ0) is 17.3. The molecule has 1 unspecified atom stereocenters. The third kappa shape index (κ3) is 7.17. The van der Waals surface area contributed by atoms with E-state index in [1.165, 1.54) is 0 Å². The van der Waals surface area contributed by atoms with Gasteiger partial charge in [0.2, 0.25) is 0 Å². The molecule has 0 aliphatic heterocycles. The van der Waals surface area contributed by atoms with E-state index in [0.29, 0.717) is 12.8 Å². The van der Waals surface area contributed by atoms with E-state index < -0.39 is 13.7 Å². The van der Waals surface area contributed by atoms with E-state index in [9.17, 15) is 9.36 Å². The Morgan fingerprint density at radius 1 is 1.13 bits per heavy atom. The van der Waals surface area contributed by atoms with Crippen LogP contribution in [-0.4, -0.2) is 25.3 Å². The fourth-order valence-electron chi connectivity index (χ4n) is 2.05. The van der Waals surface area contributed by atoms with Crippen LogP contribution in [0.3, 0.4) is 0 Å². The molecule has 1 atom stereocenters. The van der Waals surface area contributed by atoms with Crippen LogP contribution in [0.25, 0.3) is 0 Å². The van der Waals surface area contributed by atoms with Gasteiger partial charge >= 0.3 is 13.6 Å². The number of ether oxygens (including phenoxy) is 1. The minimum Gasteiger partial charge on any atom is -0.457 e. The molecule has 5 nitrogen and oxygen atoms in total. The second kappa shape index (κ2) is 10.2. The van der Waals surface area contributed by atoms with Gasteiger partial charge < -0.3 is 13.8 Å². The highest BCUT2D eigenvalue weighted by Crippen LogP contribution is 2.51. The van der Waals surface area contributed by atoms with Crippen molar-refractivity contribution in [3.05, 3.63) is 34.3 Å². The average molecular weight is 407 g/mol. The quantitative estimate of drug-likeness (QED) is 0.399. The van der Waals surface area contributed by atoms with Gasteiger partial charge in [-0.05, 0) is 38.0 Å². The molecule has 130 valence electrons. The van der Waals surface area contributed by atoms with Gasteiger partial charge in [0.25, 0.3) is 0 Å². The first kappa shape index (κ1) is 20.4. The largest absolute Gasteiger partial charge is 0.457 e. The fraction of sp³-hybridized carbons (Fsp3) is 0.562. The SMILES string of the molecule is CCCC(=O)OC(CP(=O)(OCC)OCC)c1ccc(Br)cc1. The molecule has 0 aliphatic carbocycles. The maximum Gasteiger partial charge on any atom is 0.334 e. The van der Waals surface area contributed by atoms with Crippen LogP contribution >= 0.6 is 23.5 Å². The van der Waals surface area contributed by atoms with Gasteiger partial charge in [0.05, 0.1) is 19.4 Å². The molecular weight excluding hydrogens is 383 g/mol. The van der Waals surface area contributed by atoms with E-state index in [1.807, 2.05) is 31.2 Å². The van der Waals surface area contributed by atoms with Gasteiger partial charge in [-0.1, -0.05) is 35.0 Å². The van der Waals surface area contributed by atoms with E-state index >= 15 is 0 Å². The molecule has 0 heterocycles. The van der Waals surface area contributed by atoms with Crippen LogP contribution in [-0.2, 0) is 23.1 Å². The van der Waals surface area contributed by atoms with E-state index in [0.717, 1.165) is 10.0 Å². The molecule has 0 saturated carbocycles. The summed E-state index contributed by atoms with van der Waals surface area (Å²) in [5.74, 6) is -0.319. The summed E-state index contributed by atoms with van der Waals surface area (Å²) >= 11 is 3.37. The number of halogens is 1. The lowest BCUT2D eigenvalue weighted by Crippen LogP contribution is -2.16. The Bertz CT molecular complexity index is 522. The molecule has 7 heteroatoms. The van der Waals surface area contributed by atoms with Crippen molar-refractivity contribution in [1.82, 2.24) is 0 Å². The predicted octanol–water partition coefficient (Wildman–Crippen LogP) is 5.10. The van der Waals surface area contributed by atoms with Crippen molar-refractivity contribution in [2.24, 2.45) is 0 Å². The van der Waals surface area contributed by atoms with Crippen LogP contribution < -0.4 is 0 Å². The topological polar surface area (TPSA) is 61.8 Å². The highest BCUT2D eigenvalue weighted by molar-refractivity contribution is 9.10. The van der Waals surface area contributed by atoms with Crippen LogP contribution in [0.5, 0.6) is 0 Å². The Kier molecular flexibility index (Phi) is 9.07.